The monoisotopic (exact) mass is 406 g/mol. The predicted octanol–water partition coefficient (Wildman–Crippen LogP) is 3.22. The number of para-hydroxylation sites is 1. The van der Waals surface area contributed by atoms with Gasteiger partial charge in [0.05, 0.1) is 25.2 Å². The van der Waals surface area contributed by atoms with Crippen LogP contribution in [0.2, 0.25) is 0 Å². The number of likely N-dealkylation sites (tertiary alicyclic amines) is 1. The number of urea groups is 1. The van der Waals surface area contributed by atoms with Gasteiger partial charge in [-0.05, 0) is 31.0 Å². The first kappa shape index (κ1) is 20.3. The number of nitrogens with zero attached hydrogens (tertiary/aromatic N) is 3. The summed E-state index contributed by atoms with van der Waals surface area (Å²) in [6.07, 6.45) is 3.80. The summed E-state index contributed by atoms with van der Waals surface area (Å²) in [5, 5.41) is 8.19. The Morgan fingerprint density at radius 2 is 2.04 bits per heavy atom. The van der Waals surface area contributed by atoms with Crippen LogP contribution in [0.15, 0.2) is 47.6 Å². The van der Waals surface area contributed by atoms with Crippen LogP contribution in [0.5, 0.6) is 5.75 Å². The van der Waals surface area contributed by atoms with Crippen molar-refractivity contribution in [1.82, 2.24) is 15.1 Å². The Balaban J connectivity index is 1.62. The number of rotatable bonds is 5. The first-order valence-corrected chi connectivity index (χ1v) is 10.1. The summed E-state index contributed by atoms with van der Waals surface area (Å²) < 4.78 is 33.7. The molecule has 2 amide bonds. The number of piperidine rings is 1. The van der Waals surface area contributed by atoms with Gasteiger partial charge in [-0.25, -0.2) is 4.79 Å². The average molecular weight is 406 g/mol. The highest BCUT2D eigenvalue weighted by Crippen LogP contribution is 2.41. The van der Waals surface area contributed by atoms with Gasteiger partial charge >= 0.3 is 6.03 Å². The number of ether oxygens (including phenoxy) is 1. The number of halogens is 1. The maximum Gasteiger partial charge on any atom is 0.321 e. The van der Waals surface area contributed by atoms with Crippen molar-refractivity contribution in [3.8, 4) is 5.75 Å². The molecular formula is C19H23FN4O3S. The van der Waals surface area contributed by atoms with E-state index in [9.17, 15) is 9.35 Å². The molecule has 1 aliphatic heterocycles. The largest absolute Gasteiger partial charge is 0.609 e. The predicted molar refractivity (Wildman–Crippen MR) is 104 cm³/mol. The van der Waals surface area contributed by atoms with Crippen LogP contribution in [0.3, 0.4) is 0 Å². The molecule has 28 heavy (non-hydrogen) atoms. The Morgan fingerprint density at radius 3 is 2.68 bits per heavy atom. The van der Waals surface area contributed by atoms with E-state index in [2.05, 4.69) is 15.5 Å². The van der Waals surface area contributed by atoms with Gasteiger partial charge in [-0.2, -0.15) is 14.6 Å². The number of methoxy groups -OCH3 is 1. The summed E-state index contributed by atoms with van der Waals surface area (Å²) in [4.78, 5) is 14.3. The highest BCUT2D eigenvalue weighted by atomic mass is 32.2. The molecule has 1 aliphatic rings. The lowest BCUT2D eigenvalue weighted by Gasteiger charge is -2.38. The smallest absolute Gasteiger partial charge is 0.321 e. The molecule has 1 fully saturated rings. The molecule has 1 aromatic carbocycles. The molecule has 0 radical (unpaired) electrons. The van der Waals surface area contributed by atoms with Crippen LogP contribution < -0.4 is 10.1 Å². The van der Waals surface area contributed by atoms with Crippen molar-refractivity contribution in [2.24, 2.45) is 5.92 Å². The summed E-state index contributed by atoms with van der Waals surface area (Å²) in [7, 11) is 1.47. The zero-order valence-corrected chi connectivity index (χ0v) is 16.6. The third-order valence-corrected chi connectivity index (χ3v) is 6.77. The molecule has 2 aromatic rings. The van der Waals surface area contributed by atoms with Crippen molar-refractivity contribution in [2.75, 3.05) is 25.5 Å². The van der Waals surface area contributed by atoms with Gasteiger partial charge in [-0.15, -0.1) is 0 Å². The lowest BCUT2D eigenvalue weighted by Crippen LogP contribution is -2.48. The van der Waals surface area contributed by atoms with Gasteiger partial charge in [0.25, 0.3) is 5.00 Å². The van der Waals surface area contributed by atoms with E-state index >= 15 is 4.39 Å². The number of amides is 2. The number of carbonyl (C=O) groups excluding carboxylic acids is 1. The number of aromatic nitrogens is 2. The number of alkyl halides is 1. The summed E-state index contributed by atoms with van der Waals surface area (Å²) in [6, 6.07) is 8.14. The van der Waals surface area contributed by atoms with Gasteiger partial charge in [0.2, 0.25) is 0 Å². The fourth-order valence-corrected chi connectivity index (χ4v) is 4.81. The molecule has 0 spiro atoms. The van der Waals surface area contributed by atoms with Crippen molar-refractivity contribution in [1.29, 1.82) is 0 Å². The zero-order valence-electron chi connectivity index (χ0n) is 15.8. The fraction of sp³-hybridized carbons (Fsp3) is 0.421. The molecule has 1 saturated heterocycles. The molecule has 0 bridgehead atoms. The van der Waals surface area contributed by atoms with Crippen molar-refractivity contribution < 1.29 is 18.5 Å². The van der Waals surface area contributed by atoms with Crippen molar-refractivity contribution in [2.45, 2.75) is 29.7 Å². The molecule has 150 valence electrons. The van der Waals surface area contributed by atoms with E-state index in [0.717, 1.165) is 0 Å². The normalized spacial score (nSPS) is 18.2. The summed E-state index contributed by atoms with van der Waals surface area (Å²) >= 11 is -1.88. The standard InChI is InChI=1S/C19H23FN4O3S/c1-19(20,28(26)17-6-4-3-5-16(17)27-2)14-8-11-24(12-9-14)18(25)23-15-7-10-21-22-13-15/h3-7,10,13-14H,8-9,11-12H2,1-2H3,(H,21,23,25). The lowest BCUT2D eigenvalue weighted by atomic mass is 9.92. The van der Waals surface area contributed by atoms with Crippen molar-refractivity contribution >= 4 is 22.9 Å². The van der Waals surface area contributed by atoms with E-state index in [0.29, 0.717) is 42.3 Å². The molecule has 3 rings (SSSR count). The Bertz CT molecular complexity index is 801. The van der Waals surface area contributed by atoms with E-state index in [1.165, 1.54) is 26.4 Å². The zero-order chi connectivity index (χ0) is 20.1. The Kier molecular flexibility index (Phi) is 6.35. The quantitative estimate of drug-likeness (QED) is 0.770. The fourth-order valence-electron chi connectivity index (χ4n) is 3.30. The minimum atomic E-state index is -1.92. The van der Waals surface area contributed by atoms with Crippen molar-refractivity contribution in [3.63, 3.8) is 0 Å². The van der Waals surface area contributed by atoms with E-state index in [4.69, 9.17) is 4.74 Å². The summed E-state index contributed by atoms with van der Waals surface area (Å²) in [6.45, 7) is 2.15. The average Bonchev–Trinajstić information content (AvgIpc) is 2.74. The first-order valence-electron chi connectivity index (χ1n) is 9.00. The van der Waals surface area contributed by atoms with Crippen LogP contribution in [0.4, 0.5) is 14.9 Å². The molecule has 2 unspecified atom stereocenters. The number of hydrogen-bond donors (Lipinski definition) is 1. The molecule has 0 saturated carbocycles. The Morgan fingerprint density at radius 1 is 1.32 bits per heavy atom. The van der Waals surface area contributed by atoms with Gasteiger partial charge < -0.3 is 19.5 Å². The van der Waals surface area contributed by atoms with E-state index in [1.807, 2.05) is 0 Å². The minimum Gasteiger partial charge on any atom is -0.609 e. The Labute approximate surface area is 166 Å². The second kappa shape index (κ2) is 8.74. The molecule has 1 aromatic heterocycles. The van der Waals surface area contributed by atoms with Crippen LogP contribution >= 0.6 is 0 Å². The molecule has 1 N–H and O–H groups in total. The molecule has 9 heteroatoms. The van der Waals surface area contributed by atoms with E-state index < -0.39 is 22.1 Å². The number of hydrogen-bond acceptors (Lipinski definition) is 5. The highest BCUT2D eigenvalue weighted by Gasteiger charge is 2.48. The van der Waals surface area contributed by atoms with E-state index in [-0.39, 0.29) is 6.03 Å². The van der Waals surface area contributed by atoms with Crippen LogP contribution in [0, 0.1) is 5.92 Å². The van der Waals surface area contributed by atoms with Crippen LogP contribution in [-0.2, 0) is 11.2 Å². The number of nitrogens with one attached hydrogen (secondary N) is 1. The summed E-state index contributed by atoms with van der Waals surface area (Å²) in [5.41, 5.74) is 0.551. The maximum atomic E-state index is 15.6. The number of anilines is 1. The van der Waals surface area contributed by atoms with Crippen LogP contribution in [0.1, 0.15) is 19.8 Å². The van der Waals surface area contributed by atoms with E-state index in [1.54, 1.807) is 35.2 Å². The number of benzene rings is 1. The molecular weight excluding hydrogens is 383 g/mol. The van der Waals surface area contributed by atoms with Gasteiger partial charge in [0.1, 0.15) is 0 Å². The molecule has 0 aliphatic carbocycles. The third-order valence-electron chi connectivity index (χ3n) is 4.98. The summed E-state index contributed by atoms with van der Waals surface area (Å²) in [5.74, 6) is -0.0163. The second-order valence-corrected chi connectivity index (χ2v) is 8.50. The minimum absolute atomic E-state index is 0.266. The number of carbonyl (C=O) groups is 1. The van der Waals surface area contributed by atoms with Gasteiger partial charge in [-0.3, -0.25) is 0 Å². The lowest BCUT2D eigenvalue weighted by molar-refractivity contribution is 0.117. The Hall–Kier alpha value is -2.39. The second-order valence-electron chi connectivity index (χ2n) is 6.73. The topological polar surface area (TPSA) is 90.4 Å². The first-order chi connectivity index (χ1) is 13.4. The molecule has 2 heterocycles. The van der Waals surface area contributed by atoms with Gasteiger partial charge in [-0.1, -0.05) is 12.1 Å². The molecule has 2 atom stereocenters. The SMILES string of the molecule is COc1ccccc1[S+]([O-])C(C)(F)C1CCN(C(=O)Nc2ccnnc2)CC1. The highest BCUT2D eigenvalue weighted by molar-refractivity contribution is 7.92. The third kappa shape index (κ3) is 4.36. The van der Waals surface area contributed by atoms with Crippen LogP contribution in [-0.4, -0.2) is 50.9 Å². The van der Waals surface area contributed by atoms with Gasteiger partial charge in [0, 0.05) is 37.1 Å². The molecule has 7 nitrogen and oxygen atoms in total. The van der Waals surface area contributed by atoms with Crippen molar-refractivity contribution in [3.05, 3.63) is 42.7 Å². The van der Waals surface area contributed by atoms with Gasteiger partial charge in [0.15, 0.2) is 10.6 Å². The van der Waals surface area contributed by atoms with Crippen LogP contribution in [0.25, 0.3) is 0 Å². The maximum absolute atomic E-state index is 15.6.